The zero-order chi connectivity index (χ0) is 19.1. The fraction of sp³-hybridized carbons (Fsp3) is 0.381. The Labute approximate surface area is 170 Å². The lowest BCUT2D eigenvalue weighted by Gasteiger charge is -2.32. The highest BCUT2D eigenvalue weighted by Gasteiger charge is 2.27. The van der Waals surface area contributed by atoms with Crippen LogP contribution < -0.4 is 19.5 Å². The summed E-state index contributed by atoms with van der Waals surface area (Å²) in [6, 6.07) is 14.2. The summed E-state index contributed by atoms with van der Waals surface area (Å²) in [7, 11) is 0. The molecular weight excluding hydrogens is 383 g/mol. The quantitative estimate of drug-likeness (QED) is 0.821. The van der Waals surface area contributed by atoms with E-state index in [0.717, 1.165) is 36.8 Å². The molecule has 0 radical (unpaired) electrons. The van der Waals surface area contributed by atoms with Crippen molar-refractivity contribution >= 4 is 12.4 Å². The summed E-state index contributed by atoms with van der Waals surface area (Å²) in [6.45, 7) is 4.17. The molecule has 5 nitrogen and oxygen atoms in total. The second-order valence-electron chi connectivity index (χ2n) is 6.46. The number of hydrogen-bond acceptors (Lipinski definition) is 5. The van der Waals surface area contributed by atoms with Gasteiger partial charge in [0.15, 0.2) is 11.5 Å². The minimum absolute atomic E-state index is 0. The van der Waals surface area contributed by atoms with Crippen molar-refractivity contribution in [1.82, 2.24) is 5.32 Å². The first kappa shape index (κ1) is 21.8. The maximum atomic E-state index is 13.2. The molecule has 0 amide bonds. The van der Waals surface area contributed by atoms with Crippen molar-refractivity contribution in [2.45, 2.75) is 19.3 Å². The van der Waals surface area contributed by atoms with Gasteiger partial charge in [-0.15, -0.1) is 12.4 Å². The molecule has 2 heterocycles. The molecule has 4 rings (SSSR count). The summed E-state index contributed by atoms with van der Waals surface area (Å²) >= 11 is 0. The molecule has 7 heteroatoms. The fourth-order valence-electron chi connectivity index (χ4n) is 3.42. The molecule has 0 spiro atoms. The average molecular weight is 407 g/mol. The standard InChI is InChI=1S/C19H20FNO3.C2H3N.ClH/c20-15-3-1-13(2-4-15)17-7-8-21-10-14(17)11-22-16-5-6-18-19(9-16)24-12-23-18;1-2-3;/h1-6,9,14,17,21H,7-8,10-12H2;1H3;1H/t14-,17-;;/m0../s1. The molecule has 0 aliphatic carbocycles. The first-order chi connectivity index (χ1) is 13.2. The van der Waals surface area contributed by atoms with E-state index >= 15 is 0 Å². The van der Waals surface area contributed by atoms with Crippen molar-refractivity contribution in [3.05, 3.63) is 53.8 Å². The summed E-state index contributed by atoms with van der Waals surface area (Å²) < 4.78 is 29.9. The lowest BCUT2D eigenvalue weighted by Crippen LogP contribution is -2.38. The topological polar surface area (TPSA) is 63.5 Å². The molecule has 28 heavy (non-hydrogen) atoms. The van der Waals surface area contributed by atoms with Crippen LogP contribution in [0.3, 0.4) is 0 Å². The zero-order valence-electron chi connectivity index (χ0n) is 15.7. The Morgan fingerprint density at radius 1 is 1.18 bits per heavy atom. The van der Waals surface area contributed by atoms with Gasteiger partial charge in [0.1, 0.15) is 11.6 Å². The molecule has 0 unspecified atom stereocenters. The summed E-state index contributed by atoms with van der Waals surface area (Å²) in [6.07, 6.45) is 1.03. The van der Waals surface area contributed by atoms with E-state index in [4.69, 9.17) is 19.5 Å². The first-order valence-electron chi connectivity index (χ1n) is 9.00. The van der Waals surface area contributed by atoms with Crippen LogP contribution in [0.4, 0.5) is 4.39 Å². The molecule has 2 atom stereocenters. The van der Waals surface area contributed by atoms with Gasteiger partial charge in [0.05, 0.1) is 12.7 Å². The van der Waals surface area contributed by atoms with Gasteiger partial charge < -0.3 is 19.5 Å². The van der Waals surface area contributed by atoms with Gasteiger partial charge in [-0.1, -0.05) is 12.1 Å². The Balaban J connectivity index is 0.000000660. The minimum atomic E-state index is -0.194. The van der Waals surface area contributed by atoms with Crippen LogP contribution in [0.25, 0.3) is 0 Å². The Morgan fingerprint density at radius 3 is 2.64 bits per heavy atom. The highest BCUT2D eigenvalue weighted by molar-refractivity contribution is 5.85. The first-order valence-corrected chi connectivity index (χ1v) is 9.00. The molecule has 2 aromatic carbocycles. The summed E-state index contributed by atoms with van der Waals surface area (Å²) in [5.74, 6) is 2.79. The second kappa shape index (κ2) is 10.7. The largest absolute Gasteiger partial charge is 0.493 e. The van der Waals surface area contributed by atoms with Crippen LogP contribution in [0.2, 0.25) is 0 Å². The van der Waals surface area contributed by atoms with Gasteiger partial charge in [0, 0.05) is 25.5 Å². The van der Waals surface area contributed by atoms with Gasteiger partial charge in [-0.2, -0.15) is 5.26 Å². The molecule has 150 valence electrons. The number of hydrogen-bond donors (Lipinski definition) is 1. The van der Waals surface area contributed by atoms with E-state index < -0.39 is 0 Å². The van der Waals surface area contributed by atoms with Gasteiger partial charge >= 0.3 is 0 Å². The van der Waals surface area contributed by atoms with Crippen molar-refractivity contribution in [1.29, 1.82) is 5.26 Å². The van der Waals surface area contributed by atoms with Gasteiger partial charge in [-0.25, -0.2) is 4.39 Å². The number of halogens is 2. The van der Waals surface area contributed by atoms with Gasteiger partial charge in [0.25, 0.3) is 0 Å². The number of nitrogens with zero attached hydrogens (tertiary/aromatic N) is 1. The smallest absolute Gasteiger partial charge is 0.231 e. The molecule has 2 aliphatic heterocycles. The van der Waals surface area contributed by atoms with E-state index in [1.165, 1.54) is 24.6 Å². The highest BCUT2D eigenvalue weighted by Crippen LogP contribution is 2.36. The molecule has 1 saturated heterocycles. The maximum Gasteiger partial charge on any atom is 0.231 e. The summed E-state index contributed by atoms with van der Waals surface area (Å²) in [4.78, 5) is 0. The van der Waals surface area contributed by atoms with Crippen LogP contribution in [0.5, 0.6) is 17.2 Å². The van der Waals surface area contributed by atoms with E-state index in [1.54, 1.807) is 6.07 Å². The number of fused-ring (bicyclic) bond motifs is 1. The molecule has 0 bridgehead atoms. The summed E-state index contributed by atoms with van der Waals surface area (Å²) in [5.41, 5.74) is 1.18. The maximum absolute atomic E-state index is 13.2. The van der Waals surface area contributed by atoms with Crippen LogP contribution in [0.1, 0.15) is 24.8 Å². The zero-order valence-corrected chi connectivity index (χ0v) is 16.5. The van der Waals surface area contributed by atoms with Crippen LogP contribution in [0.15, 0.2) is 42.5 Å². The van der Waals surface area contributed by atoms with E-state index in [2.05, 4.69) is 5.32 Å². The Hall–Kier alpha value is -2.49. The molecule has 0 saturated carbocycles. The average Bonchev–Trinajstić information content (AvgIpc) is 3.16. The van der Waals surface area contributed by atoms with Crippen LogP contribution in [0, 0.1) is 23.1 Å². The number of nitrogens with one attached hydrogen (secondary N) is 1. The van der Waals surface area contributed by atoms with Gasteiger partial charge in [-0.05, 0) is 48.7 Å². The third kappa shape index (κ3) is 5.51. The molecule has 2 aromatic rings. The van der Waals surface area contributed by atoms with E-state index in [1.807, 2.05) is 30.3 Å². The molecule has 2 aliphatic rings. The van der Waals surface area contributed by atoms with Crippen LogP contribution in [-0.4, -0.2) is 26.5 Å². The Bertz CT molecular complexity index is 795. The van der Waals surface area contributed by atoms with E-state index in [-0.39, 0.29) is 25.0 Å². The normalized spacial score (nSPS) is 19.5. The van der Waals surface area contributed by atoms with E-state index in [9.17, 15) is 4.39 Å². The molecular formula is C21H24ClFN2O3. The third-order valence-electron chi connectivity index (χ3n) is 4.71. The lowest BCUT2D eigenvalue weighted by molar-refractivity contribution is 0.173. The fourth-order valence-corrected chi connectivity index (χ4v) is 3.42. The van der Waals surface area contributed by atoms with Crippen molar-refractivity contribution < 1.29 is 18.6 Å². The predicted octanol–water partition coefficient (Wildman–Crippen LogP) is 4.28. The molecule has 1 N–H and O–H groups in total. The summed E-state index contributed by atoms with van der Waals surface area (Å²) in [5, 5.41) is 10.7. The minimum Gasteiger partial charge on any atom is -0.493 e. The SMILES string of the molecule is CC#N.Cl.Fc1ccc([C@@H]2CCNC[C@H]2COc2ccc3c(c2)OCO3)cc1. The van der Waals surface area contributed by atoms with Crippen molar-refractivity contribution in [3.63, 3.8) is 0 Å². The number of piperidine rings is 1. The van der Waals surface area contributed by atoms with Crippen LogP contribution >= 0.6 is 12.4 Å². The van der Waals surface area contributed by atoms with Gasteiger partial charge in [-0.3, -0.25) is 0 Å². The Kier molecular flexibility index (Phi) is 8.37. The lowest BCUT2D eigenvalue weighted by atomic mass is 9.81. The van der Waals surface area contributed by atoms with Crippen molar-refractivity contribution in [2.24, 2.45) is 5.92 Å². The monoisotopic (exact) mass is 406 g/mol. The third-order valence-corrected chi connectivity index (χ3v) is 4.71. The van der Waals surface area contributed by atoms with Crippen LogP contribution in [-0.2, 0) is 0 Å². The number of nitriles is 1. The van der Waals surface area contributed by atoms with E-state index in [0.29, 0.717) is 18.4 Å². The number of ether oxygens (including phenoxy) is 3. The predicted molar refractivity (Wildman–Crippen MR) is 107 cm³/mol. The van der Waals surface area contributed by atoms with Gasteiger partial charge in [0.2, 0.25) is 6.79 Å². The second-order valence-corrected chi connectivity index (χ2v) is 6.46. The number of rotatable bonds is 4. The molecule has 0 aromatic heterocycles. The van der Waals surface area contributed by atoms with Crippen molar-refractivity contribution in [3.8, 4) is 23.3 Å². The molecule has 1 fully saturated rings. The number of benzene rings is 2. The van der Waals surface area contributed by atoms with Crippen molar-refractivity contribution in [2.75, 3.05) is 26.5 Å². The highest BCUT2D eigenvalue weighted by atomic mass is 35.5. The Morgan fingerprint density at radius 2 is 1.89 bits per heavy atom.